The molecule has 0 fully saturated rings. The highest BCUT2D eigenvalue weighted by Crippen LogP contribution is 2.38. The van der Waals surface area contributed by atoms with Crippen LogP contribution in [0.2, 0.25) is 18.1 Å². The van der Waals surface area contributed by atoms with Gasteiger partial charge in [-0.05, 0) is 51.2 Å². The topological polar surface area (TPSA) is 106 Å². The lowest BCUT2D eigenvalue weighted by molar-refractivity contribution is 0.0456. The van der Waals surface area contributed by atoms with E-state index in [4.69, 9.17) is 14.9 Å². The molecule has 0 aromatic heterocycles. The smallest absolute Gasteiger partial charge is 0.407 e. The Bertz CT molecular complexity index is 494. The van der Waals surface area contributed by atoms with Crippen LogP contribution < -0.4 is 11.1 Å². The fourth-order valence-electron chi connectivity index (χ4n) is 2.12. The minimum absolute atomic E-state index is 0.0449. The van der Waals surface area contributed by atoms with Crippen molar-refractivity contribution in [1.29, 1.82) is 0 Å². The number of hydrogen-bond donors (Lipinski definition) is 3. The van der Waals surface area contributed by atoms with Crippen molar-refractivity contribution in [2.45, 2.75) is 97.7 Å². The van der Waals surface area contributed by atoms with Crippen LogP contribution in [0.4, 0.5) is 4.79 Å². The Labute approximate surface area is 159 Å². The Morgan fingerprint density at radius 2 is 1.69 bits per heavy atom. The average molecular weight is 390 g/mol. The molecule has 0 aromatic rings. The summed E-state index contributed by atoms with van der Waals surface area (Å²) >= 11 is 0. The van der Waals surface area contributed by atoms with Crippen LogP contribution in [-0.4, -0.2) is 43.2 Å². The van der Waals surface area contributed by atoms with E-state index < -0.39 is 32.2 Å². The second-order valence-corrected chi connectivity index (χ2v) is 14.5. The highest BCUT2D eigenvalue weighted by molar-refractivity contribution is 6.74. The molecular formula is C18H39N3O4Si. The third-order valence-electron chi connectivity index (χ3n) is 4.43. The summed E-state index contributed by atoms with van der Waals surface area (Å²) < 4.78 is 11.8. The number of nitrogens with one attached hydrogen (secondary N) is 1. The van der Waals surface area contributed by atoms with Gasteiger partial charge in [0.2, 0.25) is 0 Å². The quantitative estimate of drug-likeness (QED) is 0.200. The van der Waals surface area contributed by atoms with Crippen LogP contribution in [0.1, 0.15) is 61.8 Å². The summed E-state index contributed by atoms with van der Waals surface area (Å²) in [4.78, 5) is 12.3. The summed E-state index contributed by atoms with van der Waals surface area (Å²) in [5, 5.41) is 15.2. The normalized spacial score (nSPS) is 16.3. The maximum absolute atomic E-state index is 12.3. The summed E-state index contributed by atoms with van der Waals surface area (Å²) in [6.45, 7) is 20.0. The number of hydrogen-bond acceptors (Lipinski definition) is 5. The Kier molecular flexibility index (Phi) is 8.63. The number of nitrogens with two attached hydrogens (primary N) is 1. The molecule has 0 saturated heterocycles. The zero-order chi connectivity index (χ0) is 20.9. The number of amidine groups is 1. The van der Waals surface area contributed by atoms with E-state index in [9.17, 15) is 10.0 Å². The molecule has 0 bridgehead atoms. The molecule has 7 nitrogen and oxygen atoms in total. The van der Waals surface area contributed by atoms with Crippen LogP contribution >= 0.6 is 0 Å². The van der Waals surface area contributed by atoms with Gasteiger partial charge in [-0.25, -0.2) is 4.79 Å². The molecule has 4 N–H and O–H groups in total. The van der Waals surface area contributed by atoms with Crippen LogP contribution in [0, 0.1) is 5.92 Å². The average Bonchev–Trinajstić information content (AvgIpc) is 2.39. The summed E-state index contributed by atoms with van der Waals surface area (Å²) in [5.41, 5.74) is 5.34. The number of nitrogens with zero attached hydrogens (tertiary/aromatic N) is 1. The number of carbonyl (C=O) groups is 1. The highest BCUT2D eigenvalue weighted by atomic mass is 28.4. The third kappa shape index (κ3) is 8.40. The van der Waals surface area contributed by atoms with Crippen molar-refractivity contribution in [2.75, 3.05) is 0 Å². The number of oxime groups is 1. The molecule has 154 valence electrons. The molecule has 0 aliphatic carbocycles. The lowest BCUT2D eigenvalue weighted by Gasteiger charge is -2.41. The Morgan fingerprint density at radius 3 is 2.04 bits per heavy atom. The summed E-state index contributed by atoms with van der Waals surface area (Å²) in [6.07, 6.45) is -0.664. The lowest BCUT2D eigenvalue weighted by atomic mass is 9.98. The second-order valence-electron chi connectivity index (χ2n) is 9.71. The fraction of sp³-hybridized carbons (Fsp3) is 0.889. The van der Waals surface area contributed by atoms with Crippen molar-refractivity contribution in [3.63, 3.8) is 0 Å². The number of carbonyl (C=O) groups excluding carboxylic acids is 1. The van der Waals surface area contributed by atoms with E-state index >= 15 is 0 Å². The van der Waals surface area contributed by atoms with Crippen molar-refractivity contribution in [3.05, 3.63) is 0 Å². The molecule has 8 heteroatoms. The molecule has 1 amide bonds. The van der Waals surface area contributed by atoms with Crippen LogP contribution in [-0.2, 0) is 9.16 Å². The molecule has 0 spiro atoms. The Hall–Kier alpha value is -1.28. The standard InChI is InChI=1S/C18H39N3O4Si/c1-12(2)11-13(20-16(22)24-17(3,4)5)14(15(19)21-23)25-26(9,10)18(6,7)8/h12-14,23H,11H2,1-10H3,(H2,19,21)(H,20,22). The molecular weight excluding hydrogens is 350 g/mol. The van der Waals surface area contributed by atoms with Crippen LogP contribution in [0.5, 0.6) is 0 Å². The Balaban J connectivity index is 5.66. The van der Waals surface area contributed by atoms with Crippen molar-refractivity contribution < 1.29 is 19.2 Å². The molecule has 0 heterocycles. The molecule has 0 rings (SSSR count). The maximum Gasteiger partial charge on any atom is 0.407 e. The molecule has 0 aliphatic heterocycles. The summed E-state index contributed by atoms with van der Waals surface area (Å²) in [7, 11) is -2.22. The Morgan fingerprint density at radius 1 is 1.19 bits per heavy atom. The summed E-state index contributed by atoms with van der Waals surface area (Å²) in [6, 6.07) is -0.463. The molecule has 2 atom stereocenters. The first-order valence-electron chi connectivity index (χ1n) is 9.15. The second kappa shape index (κ2) is 9.08. The van der Waals surface area contributed by atoms with E-state index in [1.165, 1.54) is 0 Å². The van der Waals surface area contributed by atoms with Gasteiger partial charge in [0.05, 0.1) is 6.04 Å². The van der Waals surface area contributed by atoms with Crippen molar-refractivity contribution >= 4 is 20.2 Å². The van der Waals surface area contributed by atoms with Gasteiger partial charge < -0.3 is 25.4 Å². The molecule has 0 saturated carbocycles. The van der Waals surface area contributed by atoms with E-state index in [-0.39, 0.29) is 16.8 Å². The van der Waals surface area contributed by atoms with Gasteiger partial charge in [0.1, 0.15) is 11.7 Å². The van der Waals surface area contributed by atoms with Crippen LogP contribution in [0.15, 0.2) is 5.16 Å². The fourth-order valence-corrected chi connectivity index (χ4v) is 3.40. The first-order valence-corrected chi connectivity index (χ1v) is 12.1. The first-order chi connectivity index (χ1) is 11.5. The van der Waals surface area contributed by atoms with Gasteiger partial charge in [-0.15, -0.1) is 0 Å². The summed E-state index contributed by atoms with van der Waals surface area (Å²) in [5.74, 6) is 0.225. The molecule has 0 aromatic carbocycles. The van der Waals surface area contributed by atoms with Crippen molar-refractivity contribution in [1.82, 2.24) is 5.32 Å². The van der Waals surface area contributed by atoms with Crippen LogP contribution in [0.3, 0.4) is 0 Å². The van der Waals surface area contributed by atoms with Gasteiger partial charge >= 0.3 is 6.09 Å². The van der Waals surface area contributed by atoms with E-state index in [2.05, 4.69) is 44.3 Å². The number of rotatable bonds is 7. The largest absolute Gasteiger partial charge is 0.444 e. The lowest BCUT2D eigenvalue weighted by Crippen LogP contribution is -2.57. The van der Waals surface area contributed by atoms with Gasteiger partial charge in [0, 0.05) is 0 Å². The minimum atomic E-state index is -2.22. The van der Waals surface area contributed by atoms with Gasteiger partial charge in [-0.1, -0.05) is 39.8 Å². The van der Waals surface area contributed by atoms with Crippen molar-refractivity contribution in [2.24, 2.45) is 16.8 Å². The molecule has 0 radical (unpaired) electrons. The van der Waals surface area contributed by atoms with Gasteiger partial charge in [-0.3, -0.25) is 0 Å². The molecule has 26 heavy (non-hydrogen) atoms. The zero-order valence-electron chi connectivity index (χ0n) is 18.1. The molecule has 2 unspecified atom stereocenters. The van der Waals surface area contributed by atoms with E-state index in [1.807, 2.05) is 13.8 Å². The van der Waals surface area contributed by atoms with Gasteiger partial charge in [0.25, 0.3) is 0 Å². The highest BCUT2D eigenvalue weighted by Gasteiger charge is 2.42. The molecule has 0 aliphatic rings. The van der Waals surface area contributed by atoms with E-state index in [0.29, 0.717) is 6.42 Å². The minimum Gasteiger partial charge on any atom is -0.444 e. The maximum atomic E-state index is 12.3. The SMILES string of the molecule is CC(C)CC(NC(=O)OC(C)(C)C)C(O[Si](C)(C)C(C)(C)C)/C(N)=N/O. The predicted molar refractivity (Wildman–Crippen MR) is 108 cm³/mol. The van der Waals surface area contributed by atoms with Crippen molar-refractivity contribution in [3.8, 4) is 0 Å². The number of ether oxygens (including phenoxy) is 1. The predicted octanol–water partition coefficient (Wildman–Crippen LogP) is 4.06. The first kappa shape index (κ1) is 24.7. The van der Waals surface area contributed by atoms with Crippen LogP contribution in [0.25, 0.3) is 0 Å². The third-order valence-corrected chi connectivity index (χ3v) is 8.88. The van der Waals surface area contributed by atoms with Gasteiger partial charge in [-0.2, -0.15) is 0 Å². The zero-order valence-corrected chi connectivity index (χ0v) is 19.1. The van der Waals surface area contributed by atoms with E-state index in [0.717, 1.165) is 0 Å². The number of amides is 1. The number of alkyl carbamates (subject to hydrolysis) is 1. The van der Waals surface area contributed by atoms with E-state index in [1.54, 1.807) is 20.8 Å². The van der Waals surface area contributed by atoms with Gasteiger partial charge in [0.15, 0.2) is 14.2 Å². The monoisotopic (exact) mass is 389 g/mol.